The van der Waals surface area contributed by atoms with E-state index in [-0.39, 0.29) is 11.9 Å². The Morgan fingerprint density at radius 2 is 1.76 bits per heavy atom. The number of amides is 1. The summed E-state index contributed by atoms with van der Waals surface area (Å²) >= 11 is 0. The Bertz CT molecular complexity index is 291. The van der Waals surface area contributed by atoms with Gasteiger partial charge in [-0.05, 0) is 32.6 Å². The van der Waals surface area contributed by atoms with E-state index in [4.69, 9.17) is 0 Å². The van der Waals surface area contributed by atoms with Gasteiger partial charge in [0.1, 0.15) is 0 Å². The van der Waals surface area contributed by atoms with Crippen LogP contribution in [0.25, 0.3) is 0 Å². The minimum Gasteiger partial charge on any atom is -0.352 e. The lowest BCUT2D eigenvalue weighted by atomic mass is 10.2. The summed E-state index contributed by atoms with van der Waals surface area (Å²) in [5, 5.41) is 3.10. The highest BCUT2D eigenvalue weighted by Crippen LogP contribution is 2.27. The van der Waals surface area contributed by atoms with Crippen LogP contribution in [0.4, 0.5) is 0 Å². The van der Waals surface area contributed by atoms with Crippen LogP contribution in [0.5, 0.6) is 0 Å². The van der Waals surface area contributed by atoms with Gasteiger partial charge in [-0.1, -0.05) is 0 Å². The van der Waals surface area contributed by atoms with E-state index in [1.807, 2.05) is 6.92 Å². The summed E-state index contributed by atoms with van der Waals surface area (Å²) in [6.07, 6.45) is 5.12. The zero-order chi connectivity index (χ0) is 11.8. The van der Waals surface area contributed by atoms with Crippen molar-refractivity contribution in [1.82, 2.24) is 15.1 Å². The number of hydrogen-bond acceptors (Lipinski definition) is 3. The molecule has 3 rings (SSSR count). The van der Waals surface area contributed by atoms with Crippen LogP contribution in [0.1, 0.15) is 32.6 Å². The number of carbonyl (C=O) groups excluding carboxylic acids is 1. The second-order valence-corrected chi connectivity index (χ2v) is 5.76. The molecule has 3 fully saturated rings. The van der Waals surface area contributed by atoms with Gasteiger partial charge < -0.3 is 5.32 Å². The molecule has 1 atom stereocenters. The fraction of sp³-hybridized carbons (Fsp3) is 0.923. The lowest BCUT2D eigenvalue weighted by Gasteiger charge is -2.37. The maximum atomic E-state index is 12.0. The molecule has 0 aromatic rings. The van der Waals surface area contributed by atoms with E-state index in [1.165, 1.54) is 25.7 Å². The first-order valence-corrected chi connectivity index (χ1v) is 7.02. The highest BCUT2D eigenvalue weighted by Gasteiger charge is 2.34. The fourth-order valence-corrected chi connectivity index (χ4v) is 2.64. The van der Waals surface area contributed by atoms with E-state index < -0.39 is 0 Å². The Labute approximate surface area is 103 Å². The average molecular weight is 237 g/mol. The van der Waals surface area contributed by atoms with Crippen molar-refractivity contribution in [3.63, 3.8) is 0 Å². The third-order valence-electron chi connectivity index (χ3n) is 4.26. The standard InChI is InChI=1S/C13H23N3O/c1-10(13(17)14-11-2-3-11)15-6-8-16(9-7-15)12-4-5-12/h10-12H,2-9H2,1H3,(H,14,17). The number of nitrogens with zero attached hydrogens (tertiary/aromatic N) is 2. The van der Waals surface area contributed by atoms with Gasteiger partial charge >= 0.3 is 0 Å². The van der Waals surface area contributed by atoms with Gasteiger partial charge in [0, 0.05) is 38.3 Å². The van der Waals surface area contributed by atoms with Crippen molar-refractivity contribution < 1.29 is 4.79 Å². The highest BCUT2D eigenvalue weighted by molar-refractivity contribution is 5.81. The van der Waals surface area contributed by atoms with Crippen molar-refractivity contribution in [2.75, 3.05) is 26.2 Å². The molecule has 1 heterocycles. The monoisotopic (exact) mass is 237 g/mol. The van der Waals surface area contributed by atoms with Crippen molar-refractivity contribution in [3.05, 3.63) is 0 Å². The molecule has 96 valence electrons. The van der Waals surface area contributed by atoms with Gasteiger partial charge in [0.25, 0.3) is 0 Å². The predicted molar refractivity (Wildman–Crippen MR) is 66.8 cm³/mol. The lowest BCUT2D eigenvalue weighted by molar-refractivity contribution is -0.126. The van der Waals surface area contributed by atoms with Gasteiger partial charge in [-0.2, -0.15) is 0 Å². The van der Waals surface area contributed by atoms with E-state index in [2.05, 4.69) is 15.1 Å². The van der Waals surface area contributed by atoms with Gasteiger partial charge in [0.15, 0.2) is 0 Å². The number of carbonyl (C=O) groups is 1. The van der Waals surface area contributed by atoms with Crippen LogP contribution in [-0.2, 0) is 4.79 Å². The molecule has 1 amide bonds. The Morgan fingerprint density at radius 1 is 1.12 bits per heavy atom. The number of rotatable bonds is 4. The van der Waals surface area contributed by atoms with Crippen LogP contribution in [0.3, 0.4) is 0 Å². The second-order valence-electron chi connectivity index (χ2n) is 5.76. The van der Waals surface area contributed by atoms with Crippen LogP contribution >= 0.6 is 0 Å². The molecule has 0 bridgehead atoms. The average Bonchev–Trinajstić information content (AvgIpc) is 3.21. The van der Waals surface area contributed by atoms with Crippen LogP contribution in [0.2, 0.25) is 0 Å². The summed E-state index contributed by atoms with van der Waals surface area (Å²) in [5.41, 5.74) is 0. The first-order chi connectivity index (χ1) is 8.24. The predicted octanol–water partition coefficient (Wildman–Crippen LogP) is 0.433. The minimum absolute atomic E-state index is 0.0527. The molecule has 2 aliphatic carbocycles. The molecule has 17 heavy (non-hydrogen) atoms. The second kappa shape index (κ2) is 4.58. The highest BCUT2D eigenvalue weighted by atomic mass is 16.2. The maximum absolute atomic E-state index is 12.0. The SMILES string of the molecule is CC(C(=O)NC1CC1)N1CCN(C2CC2)CC1. The smallest absolute Gasteiger partial charge is 0.237 e. The summed E-state index contributed by atoms with van der Waals surface area (Å²) in [6, 6.07) is 1.41. The van der Waals surface area contributed by atoms with Crippen molar-refractivity contribution in [2.24, 2.45) is 0 Å². The van der Waals surface area contributed by atoms with Gasteiger partial charge in [0.05, 0.1) is 6.04 Å². The Balaban J connectivity index is 1.45. The molecule has 4 heteroatoms. The largest absolute Gasteiger partial charge is 0.352 e. The van der Waals surface area contributed by atoms with E-state index in [1.54, 1.807) is 0 Å². The fourth-order valence-electron chi connectivity index (χ4n) is 2.64. The van der Waals surface area contributed by atoms with Gasteiger partial charge in [0.2, 0.25) is 5.91 Å². The zero-order valence-electron chi connectivity index (χ0n) is 10.7. The van der Waals surface area contributed by atoms with Crippen LogP contribution in [0, 0.1) is 0 Å². The van der Waals surface area contributed by atoms with Crippen molar-refractivity contribution >= 4 is 5.91 Å². The van der Waals surface area contributed by atoms with Crippen LogP contribution in [0.15, 0.2) is 0 Å². The first-order valence-electron chi connectivity index (χ1n) is 7.02. The van der Waals surface area contributed by atoms with Gasteiger partial charge in [-0.3, -0.25) is 14.6 Å². The molecular formula is C13H23N3O. The third kappa shape index (κ3) is 2.80. The summed E-state index contributed by atoms with van der Waals surface area (Å²) < 4.78 is 0. The normalized spacial score (nSPS) is 29.0. The lowest BCUT2D eigenvalue weighted by Crippen LogP contribution is -2.54. The Hall–Kier alpha value is -0.610. The summed E-state index contributed by atoms with van der Waals surface area (Å²) in [5.74, 6) is 0.229. The van der Waals surface area contributed by atoms with E-state index in [0.29, 0.717) is 6.04 Å². The van der Waals surface area contributed by atoms with Crippen molar-refractivity contribution in [1.29, 1.82) is 0 Å². The Morgan fingerprint density at radius 3 is 2.29 bits per heavy atom. The zero-order valence-corrected chi connectivity index (χ0v) is 10.7. The molecule has 3 aliphatic rings. The quantitative estimate of drug-likeness (QED) is 0.770. The van der Waals surface area contributed by atoms with Crippen LogP contribution in [-0.4, -0.2) is 60.0 Å². The first kappa shape index (κ1) is 11.5. The van der Waals surface area contributed by atoms with Crippen molar-refractivity contribution in [2.45, 2.75) is 50.7 Å². The molecule has 1 saturated heterocycles. The minimum atomic E-state index is 0.0527. The summed E-state index contributed by atoms with van der Waals surface area (Å²) in [4.78, 5) is 16.9. The molecule has 0 aromatic carbocycles. The van der Waals surface area contributed by atoms with E-state index in [9.17, 15) is 4.79 Å². The van der Waals surface area contributed by atoms with Crippen molar-refractivity contribution in [3.8, 4) is 0 Å². The Kier molecular flexibility index (Phi) is 3.09. The molecule has 2 saturated carbocycles. The van der Waals surface area contributed by atoms with E-state index >= 15 is 0 Å². The molecule has 0 spiro atoms. The van der Waals surface area contributed by atoms with E-state index in [0.717, 1.165) is 32.2 Å². The third-order valence-corrected chi connectivity index (χ3v) is 4.26. The molecule has 1 N–H and O–H groups in total. The number of piperazine rings is 1. The molecule has 0 aromatic heterocycles. The molecule has 1 aliphatic heterocycles. The molecule has 0 radical (unpaired) electrons. The summed E-state index contributed by atoms with van der Waals surface area (Å²) in [6.45, 7) is 6.44. The molecular weight excluding hydrogens is 214 g/mol. The van der Waals surface area contributed by atoms with Crippen LogP contribution < -0.4 is 5.32 Å². The number of nitrogens with one attached hydrogen (secondary N) is 1. The maximum Gasteiger partial charge on any atom is 0.237 e. The summed E-state index contributed by atoms with van der Waals surface area (Å²) in [7, 11) is 0. The van der Waals surface area contributed by atoms with Gasteiger partial charge in [-0.25, -0.2) is 0 Å². The van der Waals surface area contributed by atoms with Gasteiger partial charge in [-0.15, -0.1) is 0 Å². The molecule has 4 nitrogen and oxygen atoms in total. The topological polar surface area (TPSA) is 35.6 Å². The number of hydrogen-bond donors (Lipinski definition) is 1. The molecule has 1 unspecified atom stereocenters.